The van der Waals surface area contributed by atoms with Gasteiger partial charge in [-0.05, 0) is 44.0 Å². The lowest BCUT2D eigenvalue weighted by atomic mass is 9.98. The van der Waals surface area contributed by atoms with Crippen molar-refractivity contribution in [2.24, 2.45) is 5.92 Å². The fourth-order valence-corrected chi connectivity index (χ4v) is 1.93. The van der Waals surface area contributed by atoms with Crippen LogP contribution in [0.4, 0.5) is 5.82 Å². The van der Waals surface area contributed by atoms with Crippen molar-refractivity contribution in [2.45, 2.75) is 12.8 Å². The van der Waals surface area contributed by atoms with Crippen molar-refractivity contribution in [1.82, 2.24) is 10.3 Å². The highest BCUT2D eigenvalue weighted by atomic mass is 35.5. The van der Waals surface area contributed by atoms with Crippen molar-refractivity contribution in [3.63, 3.8) is 0 Å². The van der Waals surface area contributed by atoms with Crippen LogP contribution in [0, 0.1) is 5.92 Å². The molecule has 0 radical (unpaired) electrons. The molecule has 0 aliphatic carbocycles. The van der Waals surface area contributed by atoms with E-state index in [0.29, 0.717) is 5.02 Å². The average Bonchev–Trinajstić information content (AvgIpc) is 2.30. The molecule has 0 amide bonds. The van der Waals surface area contributed by atoms with Crippen LogP contribution in [0.5, 0.6) is 0 Å². The lowest BCUT2D eigenvalue weighted by Crippen LogP contribution is -2.31. The number of halogens is 3. The maximum absolute atomic E-state index is 5.76. The second kappa shape index (κ2) is 8.81. The molecule has 0 spiro atoms. The molecular formula is C11H18Cl3N3. The Hall–Kier alpha value is -0.220. The molecule has 2 rings (SSSR count). The summed E-state index contributed by atoms with van der Waals surface area (Å²) in [6.07, 6.45) is 4.17. The van der Waals surface area contributed by atoms with Gasteiger partial charge in [0.25, 0.3) is 0 Å². The molecule has 6 heteroatoms. The molecule has 0 atom stereocenters. The summed E-state index contributed by atoms with van der Waals surface area (Å²) in [5.41, 5.74) is 0. The molecule has 17 heavy (non-hydrogen) atoms. The van der Waals surface area contributed by atoms with Gasteiger partial charge in [0, 0.05) is 12.7 Å². The van der Waals surface area contributed by atoms with Gasteiger partial charge in [-0.25, -0.2) is 4.98 Å². The molecule has 3 nitrogen and oxygen atoms in total. The number of nitrogens with zero attached hydrogens (tertiary/aromatic N) is 1. The highest BCUT2D eigenvalue weighted by Crippen LogP contribution is 2.14. The molecule has 0 aromatic carbocycles. The summed E-state index contributed by atoms with van der Waals surface area (Å²) in [5.74, 6) is 1.68. The molecule has 1 aromatic heterocycles. The van der Waals surface area contributed by atoms with Gasteiger partial charge in [-0.3, -0.25) is 0 Å². The lowest BCUT2D eigenvalue weighted by molar-refractivity contribution is 0.389. The normalized spacial score (nSPS) is 15.6. The number of nitrogens with one attached hydrogen (secondary N) is 2. The Morgan fingerprint density at radius 2 is 2.00 bits per heavy atom. The minimum absolute atomic E-state index is 0. The van der Waals surface area contributed by atoms with Crippen molar-refractivity contribution >= 4 is 42.2 Å². The number of aromatic nitrogens is 1. The van der Waals surface area contributed by atoms with Gasteiger partial charge < -0.3 is 10.6 Å². The van der Waals surface area contributed by atoms with E-state index in [1.165, 1.54) is 12.8 Å². The third kappa shape index (κ3) is 5.77. The van der Waals surface area contributed by atoms with Gasteiger partial charge in [0.1, 0.15) is 5.82 Å². The van der Waals surface area contributed by atoms with E-state index in [9.17, 15) is 0 Å². The Kier molecular flexibility index (Phi) is 8.70. The molecule has 1 fully saturated rings. The SMILES string of the molecule is Cl.Cl.Clc1ccc(NCC2CCNCC2)nc1. The standard InChI is InChI=1S/C11H16ClN3.2ClH/c12-10-1-2-11(15-8-10)14-7-9-3-5-13-6-4-9;;/h1-2,8-9,13H,3-7H2,(H,14,15);2*1H. The van der Waals surface area contributed by atoms with E-state index in [2.05, 4.69) is 15.6 Å². The fourth-order valence-electron chi connectivity index (χ4n) is 1.82. The number of piperidine rings is 1. The van der Waals surface area contributed by atoms with Crippen molar-refractivity contribution in [2.75, 3.05) is 25.0 Å². The van der Waals surface area contributed by atoms with E-state index < -0.39 is 0 Å². The predicted molar refractivity (Wildman–Crippen MR) is 77.8 cm³/mol. The summed E-state index contributed by atoms with van der Waals surface area (Å²) in [4.78, 5) is 4.20. The lowest BCUT2D eigenvalue weighted by Gasteiger charge is -2.22. The molecule has 1 saturated heterocycles. The Balaban J connectivity index is 0.00000128. The van der Waals surface area contributed by atoms with Crippen LogP contribution in [-0.2, 0) is 0 Å². The quantitative estimate of drug-likeness (QED) is 0.901. The maximum Gasteiger partial charge on any atom is 0.125 e. The largest absolute Gasteiger partial charge is 0.370 e. The molecule has 0 saturated carbocycles. The summed E-state index contributed by atoms with van der Waals surface area (Å²) in [6, 6.07) is 3.78. The van der Waals surface area contributed by atoms with Crippen LogP contribution in [-0.4, -0.2) is 24.6 Å². The van der Waals surface area contributed by atoms with Crippen LogP contribution in [0.3, 0.4) is 0 Å². The Labute approximate surface area is 120 Å². The number of anilines is 1. The van der Waals surface area contributed by atoms with Crippen LogP contribution >= 0.6 is 36.4 Å². The van der Waals surface area contributed by atoms with Gasteiger partial charge in [0.05, 0.1) is 5.02 Å². The molecule has 0 unspecified atom stereocenters. The number of hydrogen-bond acceptors (Lipinski definition) is 3. The number of pyridine rings is 1. The summed E-state index contributed by atoms with van der Waals surface area (Å²) in [5, 5.41) is 7.39. The summed E-state index contributed by atoms with van der Waals surface area (Å²) < 4.78 is 0. The van der Waals surface area contributed by atoms with E-state index in [-0.39, 0.29) is 24.8 Å². The fraction of sp³-hybridized carbons (Fsp3) is 0.545. The first-order chi connectivity index (χ1) is 7.34. The first-order valence-corrected chi connectivity index (χ1v) is 5.78. The van der Waals surface area contributed by atoms with Crippen LogP contribution in [0.25, 0.3) is 0 Å². The van der Waals surface area contributed by atoms with Crippen molar-refractivity contribution in [1.29, 1.82) is 0 Å². The van der Waals surface area contributed by atoms with Crippen LogP contribution in [0.1, 0.15) is 12.8 Å². The molecular weight excluding hydrogens is 281 g/mol. The van der Waals surface area contributed by atoms with E-state index >= 15 is 0 Å². The van der Waals surface area contributed by atoms with E-state index in [4.69, 9.17) is 11.6 Å². The maximum atomic E-state index is 5.76. The second-order valence-corrected chi connectivity index (χ2v) is 4.37. The smallest absolute Gasteiger partial charge is 0.125 e. The monoisotopic (exact) mass is 297 g/mol. The van der Waals surface area contributed by atoms with Gasteiger partial charge in [-0.1, -0.05) is 11.6 Å². The second-order valence-electron chi connectivity index (χ2n) is 3.94. The van der Waals surface area contributed by atoms with Crippen molar-refractivity contribution < 1.29 is 0 Å². The molecule has 1 aliphatic heterocycles. The molecule has 0 bridgehead atoms. The van der Waals surface area contributed by atoms with E-state index in [1.54, 1.807) is 6.20 Å². The van der Waals surface area contributed by atoms with Crippen LogP contribution in [0.2, 0.25) is 5.02 Å². The third-order valence-electron chi connectivity index (χ3n) is 2.76. The Morgan fingerprint density at radius 3 is 2.59 bits per heavy atom. The summed E-state index contributed by atoms with van der Waals surface area (Å²) in [7, 11) is 0. The van der Waals surface area contributed by atoms with Crippen molar-refractivity contribution in [3.05, 3.63) is 23.4 Å². The first-order valence-electron chi connectivity index (χ1n) is 5.41. The summed E-state index contributed by atoms with van der Waals surface area (Å²) in [6.45, 7) is 3.29. The highest BCUT2D eigenvalue weighted by Gasteiger charge is 2.12. The molecule has 1 aromatic rings. The van der Waals surface area contributed by atoms with Gasteiger partial charge >= 0.3 is 0 Å². The number of rotatable bonds is 3. The Bertz CT molecular complexity index is 299. The zero-order valence-electron chi connectivity index (χ0n) is 9.49. The third-order valence-corrected chi connectivity index (χ3v) is 2.98. The van der Waals surface area contributed by atoms with E-state index in [1.807, 2.05) is 12.1 Å². The van der Waals surface area contributed by atoms with Crippen LogP contribution < -0.4 is 10.6 Å². The zero-order valence-corrected chi connectivity index (χ0v) is 11.9. The first kappa shape index (κ1) is 16.8. The van der Waals surface area contributed by atoms with E-state index in [0.717, 1.165) is 31.4 Å². The minimum Gasteiger partial charge on any atom is -0.370 e. The molecule has 2 heterocycles. The van der Waals surface area contributed by atoms with Crippen molar-refractivity contribution in [3.8, 4) is 0 Å². The number of hydrogen-bond donors (Lipinski definition) is 2. The topological polar surface area (TPSA) is 37.0 Å². The molecule has 1 aliphatic rings. The summed E-state index contributed by atoms with van der Waals surface area (Å²) >= 11 is 5.76. The van der Waals surface area contributed by atoms with Gasteiger partial charge in [-0.15, -0.1) is 24.8 Å². The van der Waals surface area contributed by atoms with Crippen LogP contribution in [0.15, 0.2) is 18.3 Å². The molecule has 98 valence electrons. The van der Waals surface area contributed by atoms with Gasteiger partial charge in [0.15, 0.2) is 0 Å². The zero-order chi connectivity index (χ0) is 10.5. The van der Waals surface area contributed by atoms with Gasteiger partial charge in [-0.2, -0.15) is 0 Å². The predicted octanol–water partition coefficient (Wildman–Crippen LogP) is 2.99. The Morgan fingerprint density at radius 1 is 1.29 bits per heavy atom. The minimum atomic E-state index is 0. The highest BCUT2D eigenvalue weighted by molar-refractivity contribution is 6.30. The molecule has 2 N–H and O–H groups in total. The van der Waals surface area contributed by atoms with Gasteiger partial charge in [0.2, 0.25) is 0 Å². The average molecular weight is 299 g/mol.